The monoisotopic (exact) mass is 222 g/mol. The second-order valence-corrected chi connectivity index (χ2v) is 4.26. The molecule has 0 spiro atoms. The van der Waals surface area contributed by atoms with Crippen molar-refractivity contribution in [2.75, 3.05) is 6.54 Å². The molecule has 0 aliphatic rings. The number of carbonyl (C=O) groups excluding carboxylic acids is 1. The molecule has 0 heterocycles. The maximum Gasteiger partial charge on any atom is 0.234 e. The van der Waals surface area contributed by atoms with Gasteiger partial charge < -0.3 is 0 Å². The van der Waals surface area contributed by atoms with Gasteiger partial charge in [-0.2, -0.15) is 0 Å². The molecule has 3 nitrogen and oxygen atoms in total. The number of hydrazine groups is 1. The molecule has 0 saturated carbocycles. The number of halogens is 1. The summed E-state index contributed by atoms with van der Waals surface area (Å²) in [5, 5.41) is 0. The molecule has 4 heteroatoms. The Hall–Kier alpha value is -0.280. The first-order chi connectivity index (χ1) is 6.02. The lowest BCUT2D eigenvalue weighted by Crippen LogP contribution is -2.39. The van der Waals surface area contributed by atoms with E-state index in [1.54, 1.807) is 0 Å². The molecule has 0 saturated heterocycles. The van der Waals surface area contributed by atoms with E-state index < -0.39 is 0 Å². The number of hydrogen-bond acceptors (Lipinski definition) is 2. The molecule has 0 aromatic heterocycles. The van der Waals surface area contributed by atoms with Crippen LogP contribution in [0.25, 0.3) is 0 Å². The van der Waals surface area contributed by atoms with E-state index in [0.717, 1.165) is 13.0 Å². The van der Waals surface area contributed by atoms with E-state index >= 15 is 0 Å². The van der Waals surface area contributed by atoms with Gasteiger partial charge in [-0.25, -0.2) is 5.43 Å². The largest absolute Gasteiger partial charge is 0.292 e. The number of hydrogen-bond donors (Lipinski definition) is 2. The van der Waals surface area contributed by atoms with Crippen LogP contribution >= 0.6 is 12.4 Å². The van der Waals surface area contributed by atoms with Gasteiger partial charge in [-0.15, -0.1) is 12.4 Å². The van der Waals surface area contributed by atoms with E-state index in [1.807, 2.05) is 0 Å². The van der Waals surface area contributed by atoms with Gasteiger partial charge in [-0.05, 0) is 18.3 Å². The minimum absolute atomic E-state index is 0. The van der Waals surface area contributed by atoms with Crippen LogP contribution in [0.5, 0.6) is 0 Å². The second kappa shape index (κ2) is 9.28. The molecule has 0 bridgehead atoms. The second-order valence-electron chi connectivity index (χ2n) is 4.26. The van der Waals surface area contributed by atoms with Crippen molar-refractivity contribution in [3.05, 3.63) is 0 Å². The minimum atomic E-state index is 0. The van der Waals surface area contributed by atoms with E-state index in [9.17, 15) is 4.79 Å². The SMILES string of the molecule is CC(C)CCC(=O)NNCC(C)C.Cl. The molecule has 0 rings (SSSR count). The van der Waals surface area contributed by atoms with Crippen molar-refractivity contribution in [1.82, 2.24) is 10.9 Å². The zero-order valence-corrected chi connectivity index (χ0v) is 10.4. The van der Waals surface area contributed by atoms with Crippen LogP contribution in [0.4, 0.5) is 0 Å². The summed E-state index contributed by atoms with van der Waals surface area (Å²) < 4.78 is 0. The topological polar surface area (TPSA) is 41.1 Å². The van der Waals surface area contributed by atoms with Gasteiger partial charge in [0, 0.05) is 13.0 Å². The van der Waals surface area contributed by atoms with Gasteiger partial charge in [-0.3, -0.25) is 10.2 Å². The molecule has 0 aliphatic carbocycles. The standard InChI is InChI=1S/C10H22N2O.ClH/c1-8(2)5-6-10(13)12-11-7-9(3)4;/h8-9,11H,5-7H2,1-4H3,(H,12,13);1H. The Kier molecular flexibility index (Phi) is 10.7. The highest BCUT2D eigenvalue weighted by molar-refractivity contribution is 5.85. The molecule has 1 amide bonds. The van der Waals surface area contributed by atoms with Gasteiger partial charge in [0.15, 0.2) is 0 Å². The molecular weight excluding hydrogens is 200 g/mol. The Morgan fingerprint density at radius 3 is 2.14 bits per heavy atom. The average molecular weight is 223 g/mol. The van der Waals surface area contributed by atoms with Crippen LogP contribution < -0.4 is 10.9 Å². The average Bonchev–Trinajstić information content (AvgIpc) is 2.00. The van der Waals surface area contributed by atoms with E-state index in [4.69, 9.17) is 0 Å². The molecule has 0 fully saturated rings. The molecule has 0 radical (unpaired) electrons. The van der Waals surface area contributed by atoms with Crippen molar-refractivity contribution in [3.8, 4) is 0 Å². The summed E-state index contributed by atoms with van der Waals surface area (Å²) in [4.78, 5) is 11.2. The molecule has 0 aromatic rings. The van der Waals surface area contributed by atoms with Crippen LogP contribution in [-0.2, 0) is 4.79 Å². The fraction of sp³-hybridized carbons (Fsp3) is 0.900. The normalized spacial score (nSPS) is 10.1. The van der Waals surface area contributed by atoms with Crippen molar-refractivity contribution >= 4 is 18.3 Å². The summed E-state index contributed by atoms with van der Waals surface area (Å²) in [6, 6.07) is 0. The maximum absolute atomic E-state index is 11.2. The van der Waals surface area contributed by atoms with E-state index in [2.05, 4.69) is 38.5 Å². The van der Waals surface area contributed by atoms with Crippen molar-refractivity contribution in [2.45, 2.75) is 40.5 Å². The van der Waals surface area contributed by atoms with Gasteiger partial charge >= 0.3 is 0 Å². The Balaban J connectivity index is 0. The lowest BCUT2D eigenvalue weighted by molar-refractivity contribution is -0.122. The molecule has 14 heavy (non-hydrogen) atoms. The third-order valence-electron chi connectivity index (χ3n) is 1.69. The summed E-state index contributed by atoms with van der Waals surface area (Å²) >= 11 is 0. The van der Waals surface area contributed by atoms with Crippen LogP contribution in [0.2, 0.25) is 0 Å². The highest BCUT2D eigenvalue weighted by atomic mass is 35.5. The first kappa shape index (κ1) is 16.2. The van der Waals surface area contributed by atoms with Crippen molar-refractivity contribution < 1.29 is 4.79 Å². The van der Waals surface area contributed by atoms with Crippen molar-refractivity contribution in [1.29, 1.82) is 0 Å². The third kappa shape index (κ3) is 11.7. The Bertz CT molecular complexity index is 149. The predicted molar refractivity (Wildman–Crippen MR) is 62.3 cm³/mol. The Labute approximate surface area is 93.4 Å². The maximum atomic E-state index is 11.2. The Morgan fingerprint density at radius 1 is 1.14 bits per heavy atom. The predicted octanol–water partition coefficient (Wildman–Crippen LogP) is 2.12. The van der Waals surface area contributed by atoms with Crippen LogP contribution in [0.3, 0.4) is 0 Å². The molecular formula is C10H23ClN2O. The highest BCUT2D eigenvalue weighted by Gasteiger charge is 2.02. The van der Waals surface area contributed by atoms with Crippen LogP contribution in [0.1, 0.15) is 40.5 Å². The zero-order valence-electron chi connectivity index (χ0n) is 9.59. The number of amides is 1. The highest BCUT2D eigenvalue weighted by Crippen LogP contribution is 2.02. The fourth-order valence-corrected chi connectivity index (χ4v) is 0.836. The number of carbonyl (C=O) groups is 1. The first-order valence-electron chi connectivity index (χ1n) is 5.04. The summed E-state index contributed by atoms with van der Waals surface area (Å²) in [6.07, 6.45) is 1.57. The molecule has 0 atom stereocenters. The summed E-state index contributed by atoms with van der Waals surface area (Å²) in [7, 11) is 0. The molecule has 86 valence electrons. The van der Waals surface area contributed by atoms with Crippen molar-refractivity contribution in [2.24, 2.45) is 11.8 Å². The van der Waals surface area contributed by atoms with Gasteiger partial charge in [0.1, 0.15) is 0 Å². The molecule has 0 aromatic carbocycles. The lowest BCUT2D eigenvalue weighted by Gasteiger charge is -2.09. The third-order valence-corrected chi connectivity index (χ3v) is 1.69. The van der Waals surface area contributed by atoms with Crippen LogP contribution in [0, 0.1) is 11.8 Å². The lowest BCUT2D eigenvalue weighted by atomic mass is 10.1. The summed E-state index contributed by atoms with van der Waals surface area (Å²) in [5.41, 5.74) is 5.59. The van der Waals surface area contributed by atoms with E-state index in [1.165, 1.54) is 0 Å². The molecule has 0 aliphatic heterocycles. The summed E-state index contributed by atoms with van der Waals surface area (Å²) in [5.74, 6) is 1.25. The minimum Gasteiger partial charge on any atom is -0.292 e. The zero-order chi connectivity index (χ0) is 10.3. The van der Waals surface area contributed by atoms with Crippen LogP contribution in [-0.4, -0.2) is 12.5 Å². The number of rotatable bonds is 6. The smallest absolute Gasteiger partial charge is 0.234 e. The van der Waals surface area contributed by atoms with E-state index in [-0.39, 0.29) is 18.3 Å². The first-order valence-corrected chi connectivity index (χ1v) is 5.04. The number of nitrogens with one attached hydrogen (secondary N) is 2. The molecule has 0 unspecified atom stereocenters. The summed E-state index contributed by atoms with van der Waals surface area (Å²) in [6.45, 7) is 9.28. The quantitative estimate of drug-likeness (QED) is 0.676. The van der Waals surface area contributed by atoms with Gasteiger partial charge in [-0.1, -0.05) is 27.7 Å². The van der Waals surface area contributed by atoms with Gasteiger partial charge in [0.25, 0.3) is 0 Å². The van der Waals surface area contributed by atoms with E-state index in [0.29, 0.717) is 18.3 Å². The Morgan fingerprint density at radius 2 is 1.71 bits per heavy atom. The molecule has 2 N–H and O–H groups in total. The van der Waals surface area contributed by atoms with Gasteiger partial charge in [0.05, 0.1) is 0 Å². The van der Waals surface area contributed by atoms with Crippen molar-refractivity contribution in [3.63, 3.8) is 0 Å². The van der Waals surface area contributed by atoms with Crippen LogP contribution in [0.15, 0.2) is 0 Å². The fourth-order valence-electron chi connectivity index (χ4n) is 0.836. The van der Waals surface area contributed by atoms with Gasteiger partial charge in [0.2, 0.25) is 5.91 Å².